The van der Waals surface area contributed by atoms with Gasteiger partial charge in [0.25, 0.3) is 11.8 Å². The summed E-state index contributed by atoms with van der Waals surface area (Å²) in [5.74, 6) is -0.532. The van der Waals surface area contributed by atoms with Crippen molar-refractivity contribution >= 4 is 17.3 Å². The Morgan fingerprint density at radius 1 is 0.828 bits per heavy atom. The second kappa shape index (κ2) is 8.35. The van der Waals surface area contributed by atoms with Crippen molar-refractivity contribution in [2.24, 2.45) is 0 Å². The van der Waals surface area contributed by atoms with E-state index < -0.39 is 0 Å². The van der Waals surface area contributed by atoms with Crippen molar-refractivity contribution in [1.29, 1.82) is 0 Å². The van der Waals surface area contributed by atoms with E-state index in [2.05, 4.69) is 20.6 Å². The van der Waals surface area contributed by atoms with Gasteiger partial charge in [-0.25, -0.2) is 4.98 Å². The summed E-state index contributed by atoms with van der Waals surface area (Å²) in [5, 5.41) is 5.69. The average molecular weight is 385 g/mol. The number of nitrogens with one attached hydrogen (secondary N) is 2. The number of hydrogen-bond donors (Lipinski definition) is 2. The van der Waals surface area contributed by atoms with E-state index in [1.165, 1.54) is 0 Å². The largest absolute Gasteiger partial charge is 0.347 e. The number of hydrogen-bond acceptors (Lipinski definition) is 4. The molecule has 0 saturated carbocycles. The molecule has 144 valence electrons. The second-order valence-electron chi connectivity index (χ2n) is 6.45. The van der Waals surface area contributed by atoms with Crippen molar-refractivity contribution < 1.29 is 9.59 Å². The van der Waals surface area contributed by atoms with Gasteiger partial charge in [-0.3, -0.25) is 19.0 Å². The highest BCUT2D eigenvalue weighted by Gasteiger charge is 2.21. The van der Waals surface area contributed by atoms with Crippen molar-refractivity contribution in [1.82, 2.24) is 25.0 Å². The van der Waals surface area contributed by atoms with Crippen molar-refractivity contribution in [3.63, 3.8) is 0 Å². The van der Waals surface area contributed by atoms with Gasteiger partial charge in [0, 0.05) is 31.7 Å². The molecule has 7 heteroatoms. The molecule has 2 N–H and O–H groups in total. The van der Waals surface area contributed by atoms with Crippen LogP contribution in [0.5, 0.6) is 0 Å². The lowest BCUT2D eigenvalue weighted by molar-refractivity contribution is 0.0939. The van der Waals surface area contributed by atoms with Crippen LogP contribution in [0.15, 0.2) is 79.3 Å². The molecule has 4 aromatic rings. The van der Waals surface area contributed by atoms with Crippen LogP contribution in [0.2, 0.25) is 0 Å². The van der Waals surface area contributed by atoms with Gasteiger partial charge in [0.2, 0.25) is 5.82 Å². The molecule has 3 heterocycles. The zero-order chi connectivity index (χ0) is 20.1. The van der Waals surface area contributed by atoms with Gasteiger partial charge in [-0.15, -0.1) is 0 Å². The summed E-state index contributed by atoms with van der Waals surface area (Å²) < 4.78 is 1.62. The number of aromatic nitrogens is 3. The molecule has 0 aliphatic carbocycles. The van der Waals surface area contributed by atoms with Crippen molar-refractivity contribution in [3.05, 3.63) is 102 Å². The Hall–Kier alpha value is -4.00. The fraction of sp³-hybridized carbons (Fsp3) is 0.0909. The topological polar surface area (TPSA) is 88.4 Å². The molecular formula is C22H19N5O2. The number of imidazole rings is 1. The third-order valence-corrected chi connectivity index (χ3v) is 4.44. The van der Waals surface area contributed by atoms with Crippen LogP contribution in [0.25, 0.3) is 5.52 Å². The molecule has 0 aliphatic rings. The maximum Gasteiger partial charge on any atom is 0.287 e. The van der Waals surface area contributed by atoms with Crippen LogP contribution in [0.4, 0.5) is 0 Å². The first-order valence-corrected chi connectivity index (χ1v) is 9.18. The molecule has 0 saturated heterocycles. The summed E-state index contributed by atoms with van der Waals surface area (Å²) in [5.41, 5.74) is 2.65. The first kappa shape index (κ1) is 18.4. The lowest BCUT2D eigenvalue weighted by Gasteiger charge is -2.04. The number of fused-ring (bicyclic) bond motifs is 1. The molecule has 1 aromatic carbocycles. The summed E-state index contributed by atoms with van der Waals surface area (Å²) in [6.07, 6.45) is 5.08. The molecule has 2 amide bonds. The zero-order valence-corrected chi connectivity index (χ0v) is 15.6. The Labute approximate surface area is 167 Å². The highest BCUT2D eigenvalue weighted by atomic mass is 16.2. The Bertz CT molecular complexity index is 1050. The van der Waals surface area contributed by atoms with E-state index in [9.17, 15) is 9.59 Å². The van der Waals surface area contributed by atoms with Gasteiger partial charge in [0.15, 0.2) is 5.69 Å². The number of carbonyl (C=O) groups is 2. The molecule has 0 radical (unpaired) electrons. The lowest BCUT2D eigenvalue weighted by atomic mass is 10.2. The Balaban J connectivity index is 1.54. The van der Waals surface area contributed by atoms with Crippen LogP contribution in [0, 0.1) is 0 Å². The monoisotopic (exact) mass is 385 g/mol. The van der Waals surface area contributed by atoms with E-state index in [0.717, 1.165) is 11.1 Å². The zero-order valence-electron chi connectivity index (χ0n) is 15.6. The van der Waals surface area contributed by atoms with E-state index in [-0.39, 0.29) is 23.3 Å². The summed E-state index contributed by atoms with van der Waals surface area (Å²) in [4.78, 5) is 33.8. The maximum absolute atomic E-state index is 12.7. The van der Waals surface area contributed by atoms with E-state index in [1.807, 2.05) is 48.5 Å². The minimum absolute atomic E-state index is 0.161. The number of nitrogens with zero attached hydrogens (tertiary/aromatic N) is 3. The molecule has 29 heavy (non-hydrogen) atoms. The van der Waals surface area contributed by atoms with Gasteiger partial charge in [-0.05, 0) is 29.3 Å². The van der Waals surface area contributed by atoms with Gasteiger partial charge >= 0.3 is 0 Å². The average Bonchev–Trinajstić information content (AvgIpc) is 3.17. The van der Waals surface area contributed by atoms with Crippen LogP contribution in [0.3, 0.4) is 0 Å². The highest BCUT2D eigenvalue weighted by molar-refractivity contribution is 6.02. The van der Waals surface area contributed by atoms with Gasteiger partial charge in [0.05, 0.1) is 5.52 Å². The van der Waals surface area contributed by atoms with Crippen LogP contribution in [0.1, 0.15) is 32.2 Å². The molecule has 0 spiro atoms. The first-order chi connectivity index (χ1) is 14.2. The Morgan fingerprint density at radius 3 is 2.34 bits per heavy atom. The number of amides is 2. The number of benzene rings is 1. The van der Waals surface area contributed by atoms with Gasteiger partial charge < -0.3 is 10.6 Å². The van der Waals surface area contributed by atoms with Crippen LogP contribution < -0.4 is 10.6 Å². The van der Waals surface area contributed by atoms with Gasteiger partial charge in [0.1, 0.15) is 0 Å². The predicted octanol–water partition coefficient (Wildman–Crippen LogP) is 2.59. The molecule has 0 fully saturated rings. The second-order valence-corrected chi connectivity index (χ2v) is 6.45. The standard InChI is InChI=1S/C22H19N5O2/c28-21(24-14-16-7-2-1-3-8-16)19-18-10-4-5-12-27(18)20(26-19)22(29)25-15-17-9-6-11-23-13-17/h1-13H,14-15H2,(H,24,28)(H,25,29). The molecule has 0 unspecified atom stereocenters. The highest BCUT2D eigenvalue weighted by Crippen LogP contribution is 2.14. The quantitative estimate of drug-likeness (QED) is 0.534. The summed E-state index contributed by atoms with van der Waals surface area (Å²) in [6, 6.07) is 18.7. The van der Waals surface area contributed by atoms with E-state index in [1.54, 1.807) is 35.1 Å². The third-order valence-electron chi connectivity index (χ3n) is 4.44. The summed E-state index contributed by atoms with van der Waals surface area (Å²) >= 11 is 0. The van der Waals surface area contributed by atoms with Crippen molar-refractivity contribution in [2.75, 3.05) is 0 Å². The number of carbonyl (C=O) groups excluding carboxylic acids is 2. The molecule has 3 aromatic heterocycles. The molecule has 0 aliphatic heterocycles. The van der Waals surface area contributed by atoms with E-state index >= 15 is 0 Å². The van der Waals surface area contributed by atoms with Crippen molar-refractivity contribution in [3.8, 4) is 0 Å². The smallest absolute Gasteiger partial charge is 0.287 e. The van der Waals surface area contributed by atoms with Crippen LogP contribution in [-0.2, 0) is 13.1 Å². The normalized spacial score (nSPS) is 10.6. The van der Waals surface area contributed by atoms with Gasteiger partial charge in [-0.2, -0.15) is 0 Å². The minimum atomic E-state index is -0.364. The molecule has 4 rings (SSSR count). The van der Waals surface area contributed by atoms with Gasteiger partial charge in [-0.1, -0.05) is 42.5 Å². The van der Waals surface area contributed by atoms with Crippen molar-refractivity contribution in [2.45, 2.75) is 13.1 Å². The number of pyridine rings is 2. The van der Waals surface area contributed by atoms with E-state index in [4.69, 9.17) is 0 Å². The number of rotatable bonds is 6. The Morgan fingerprint density at radius 2 is 1.55 bits per heavy atom. The summed E-state index contributed by atoms with van der Waals surface area (Å²) in [7, 11) is 0. The maximum atomic E-state index is 12.7. The fourth-order valence-corrected chi connectivity index (χ4v) is 2.99. The molecule has 0 bridgehead atoms. The fourth-order valence-electron chi connectivity index (χ4n) is 2.99. The summed E-state index contributed by atoms with van der Waals surface area (Å²) in [6.45, 7) is 0.706. The van der Waals surface area contributed by atoms with Crippen LogP contribution in [-0.4, -0.2) is 26.2 Å². The third kappa shape index (κ3) is 4.14. The SMILES string of the molecule is O=C(NCc1ccccc1)c1nc(C(=O)NCc2cccnc2)n2ccccc12. The predicted molar refractivity (Wildman–Crippen MR) is 108 cm³/mol. The lowest BCUT2D eigenvalue weighted by Crippen LogP contribution is -2.26. The van der Waals surface area contributed by atoms with E-state index in [0.29, 0.717) is 18.6 Å². The molecular weight excluding hydrogens is 366 g/mol. The first-order valence-electron chi connectivity index (χ1n) is 9.18. The minimum Gasteiger partial charge on any atom is -0.347 e. The Kier molecular flexibility index (Phi) is 5.29. The van der Waals surface area contributed by atoms with Crippen LogP contribution >= 0.6 is 0 Å². The molecule has 0 atom stereocenters. The molecule has 7 nitrogen and oxygen atoms in total.